The summed E-state index contributed by atoms with van der Waals surface area (Å²) in [7, 11) is 0. The van der Waals surface area contributed by atoms with Gasteiger partial charge in [0.1, 0.15) is 5.01 Å². The average molecular weight is 315 g/mol. The normalized spacial score (nSPS) is 11.0. The molecular formula is C15H17N5OS. The molecular weight excluding hydrogens is 298 g/mol. The lowest BCUT2D eigenvalue weighted by Crippen LogP contribution is -2.11. The number of hydrogen-bond acceptors (Lipinski definition) is 5. The Balaban J connectivity index is 1.89. The molecule has 2 aromatic heterocycles. The van der Waals surface area contributed by atoms with Crippen molar-refractivity contribution in [1.29, 1.82) is 0 Å². The van der Waals surface area contributed by atoms with Crippen LogP contribution in [0.5, 0.6) is 0 Å². The van der Waals surface area contributed by atoms with Crippen molar-refractivity contribution in [2.75, 3.05) is 5.32 Å². The van der Waals surface area contributed by atoms with Crippen LogP contribution >= 0.6 is 11.3 Å². The Morgan fingerprint density at radius 3 is 2.82 bits per heavy atom. The van der Waals surface area contributed by atoms with E-state index in [0.29, 0.717) is 6.42 Å². The second-order valence-corrected chi connectivity index (χ2v) is 6.13. The molecule has 22 heavy (non-hydrogen) atoms. The molecule has 0 bridgehead atoms. The number of rotatable bonds is 4. The van der Waals surface area contributed by atoms with Crippen molar-refractivity contribution in [3.8, 4) is 10.6 Å². The van der Waals surface area contributed by atoms with Crippen LogP contribution in [-0.4, -0.2) is 25.7 Å². The smallest absolute Gasteiger partial charge is 0.234 e. The van der Waals surface area contributed by atoms with E-state index in [1.165, 1.54) is 11.3 Å². The van der Waals surface area contributed by atoms with E-state index >= 15 is 0 Å². The lowest BCUT2D eigenvalue weighted by atomic mass is 10.1. The third-order valence-electron chi connectivity index (χ3n) is 3.37. The van der Waals surface area contributed by atoms with Gasteiger partial charge in [-0.25, -0.2) is 0 Å². The Labute approximate surface area is 132 Å². The monoisotopic (exact) mass is 315 g/mol. The van der Waals surface area contributed by atoms with Gasteiger partial charge < -0.3 is 5.32 Å². The standard InChI is InChI=1S/C15H17N5OS/c1-4-5-13(21)16-12-7-6-11(8-9(12)2)14-19-20-10(3)17-18-15(20)22-14/h6-8H,4-5H2,1-3H3,(H,16,21). The topological polar surface area (TPSA) is 72.2 Å². The van der Waals surface area contributed by atoms with Crippen LogP contribution in [0, 0.1) is 13.8 Å². The summed E-state index contributed by atoms with van der Waals surface area (Å²) < 4.78 is 1.74. The number of carbonyl (C=O) groups excluding carboxylic acids is 1. The fourth-order valence-corrected chi connectivity index (χ4v) is 3.09. The van der Waals surface area contributed by atoms with Crippen LogP contribution in [0.4, 0.5) is 5.69 Å². The molecule has 0 unspecified atom stereocenters. The molecule has 0 aliphatic heterocycles. The summed E-state index contributed by atoms with van der Waals surface area (Å²) in [6.07, 6.45) is 1.38. The molecule has 1 amide bonds. The first-order chi connectivity index (χ1) is 10.6. The van der Waals surface area contributed by atoms with Crippen molar-refractivity contribution < 1.29 is 4.79 Å². The lowest BCUT2D eigenvalue weighted by Gasteiger charge is -2.09. The number of aromatic nitrogens is 4. The Morgan fingerprint density at radius 2 is 2.14 bits per heavy atom. The zero-order chi connectivity index (χ0) is 15.7. The van der Waals surface area contributed by atoms with Crippen LogP contribution in [0.15, 0.2) is 18.2 Å². The van der Waals surface area contributed by atoms with E-state index in [1.807, 2.05) is 39.0 Å². The van der Waals surface area contributed by atoms with Crippen LogP contribution in [-0.2, 0) is 4.79 Å². The van der Waals surface area contributed by atoms with E-state index in [1.54, 1.807) is 4.52 Å². The van der Waals surface area contributed by atoms with E-state index in [2.05, 4.69) is 20.6 Å². The number of aryl methyl sites for hydroxylation is 2. The molecule has 0 radical (unpaired) electrons. The van der Waals surface area contributed by atoms with Gasteiger partial charge in [-0.1, -0.05) is 18.3 Å². The number of amides is 1. The van der Waals surface area contributed by atoms with Crippen molar-refractivity contribution in [3.05, 3.63) is 29.6 Å². The minimum atomic E-state index is 0.0489. The molecule has 0 atom stereocenters. The number of nitrogens with one attached hydrogen (secondary N) is 1. The summed E-state index contributed by atoms with van der Waals surface area (Å²) in [6.45, 7) is 5.85. The SMILES string of the molecule is CCCC(=O)Nc1ccc(-c2nn3c(C)nnc3s2)cc1C. The van der Waals surface area contributed by atoms with Crippen molar-refractivity contribution in [3.63, 3.8) is 0 Å². The number of hydrogen-bond donors (Lipinski definition) is 1. The molecule has 1 aromatic carbocycles. The predicted octanol–water partition coefficient (Wildman–Crippen LogP) is 3.21. The van der Waals surface area contributed by atoms with Crippen LogP contribution in [0.3, 0.4) is 0 Å². The summed E-state index contributed by atoms with van der Waals surface area (Å²) in [5.41, 5.74) is 2.88. The highest BCUT2D eigenvalue weighted by Gasteiger charge is 2.12. The van der Waals surface area contributed by atoms with E-state index in [0.717, 1.165) is 39.0 Å². The quantitative estimate of drug-likeness (QED) is 0.802. The zero-order valence-electron chi connectivity index (χ0n) is 12.8. The van der Waals surface area contributed by atoms with Gasteiger partial charge in [-0.2, -0.15) is 9.61 Å². The molecule has 0 aliphatic rings. The van der Waals surface area contributed by atoms with E-state index < -0.39 is 0 Å². The van der Waals surface area contributed by atoms with Gasteiger partial charge in [0.2, 0.25) is 10.9 Å². The summed E-state index contributed by atoms with van der Waals surface area (Å²) in [4.78, 5) is 12.5. The summed E-state index contributed by atoms with van der Waals surface area (Å²) in [5.74, 6) is 0.824. The third-order valence-corrected chi connectivity index (χ3v) is 4.32. The van der Waals surface area contributed by atoms with Crippen LogP contribution in [0.25, 0.3) is 15.5 Å². The van der Waals surface area contributed by atoms with Gasteiger partial charge in [0.15, 0.2) is 5.82 Å². The van der Waals surface area contributed by atoms with Gasteiger partial charge in [-0.05, 0) is 44.0 Å². The largest absolute Gasteiger partial charge is 0.326 e. The van der Waals surface area contributed by atoms with Crippen molar-refractivity contribution in [2.45, 2.75) is 33.6 Å². The summed E-state index contributed by atoms with van der Waals surface area (Å²) in [6, 6.07) is 5.92. The molecule has 0 saturated heterocycles. The maximum Gasteiger partial charge on any atom is 0.234 e. The number of nitrogens with zero attached hydrogens (tertiary/aromatic N) is 4. The minimum absolute atomic E-state index is 0.0489. The first kappa shape index (κ1) is 14.6. The lowest BCUT2D eigenvalue weighted by molar-refractivity contribution is -0.116. The van der Waals surface area contributed by atoms with Crippen LogP contribution in [0.2, 0.25) is 0 Å². The van der Waals surface area contributed by atoms with Gasteiger partial charge in [0, 0.05) is 17.7 Å². The van der Waals surface area contributed by atoms with E-state index in [4.69, 9.17) is 0 Å². The molecule has 114 valence electrons. The number of carbonyl (C=O) groups is 1. The van der Waals surface area contributed by atoms with Gasteiger partial charge in [0.25, 0.3) is 0 Å². The molecule has 0 aliphatic carbocycles. The van der Waals surface area contributed by atoms with Crippen molar-refractivity contribution >= 4 is 27.9 Å². The van der Waals surface area contributed by atoms with Crippen molar-refractivity contribution in [1.82, 2.24) is 19.8 Å². The summed E-state index contributed by atoms with van der Waals surface area (Å²) in [5, 5.41) is 16.4. The highest BCUT2D eigenvalue weighted by molar-refractivity contribution is 7.19. The Morgan fingerprint density at radius 1 is 1.32 bits per heavy atom. The molecule has 7 heteroatoms. The van der Waals surface area contributed by atoms with Crippen LogP contribution in [0.1, 0.15) is 31.2 Å². The second-order valence-electron chi connectivity index (χ2n) is 5.18. The fourth-order valence-electron chi connectivity index (χ4n) is 2.21. The van der Waals surface area contributed by atoms with E-state index in [-0.39, 0.29) is 5.91 Å². The highest BCUT2D eigenvalue weighted by Crippen LogP contribution is 2.28. The molecule has 6 nitrogen and oxygen atoms in total. The Bertz CT molecular complexity index is 836. The second kappa shape index (κ2) is 5.84. The fraction of sp³-hybridized carbons (Fsp3) is 0.333. The van der Waals surface area contributed by atoms with Gasteiger partial charge in [-0.3, -0.25) is 4.79 Å². The molecule has 0 fully saturated rings. The Hall–Kier alpha value is -2.28. The molecule has 2 heterocycles. The summed E-state index contributed by atoms with van der Waals surface area (Å²) >= 11 is 1.50. The molecule has 0 spiro atoms. The molecule has 3 aromatic rings. The molecule has 0 saturated carbocycles. The van der Waals surface area contributed by atoms with Crippen LogP contribution < -0.4 is 5.32 Å². The predicted molar refractivity (Wildman–Crippen MR) is 87.1 cm³/mol. The van der Waals surface area contributed by atoms with Gasteiger partial charge in [-0.15, -0.1) is 10.2 Å². The number of fused-ring (bicyclic) bond motifs is 1. The first-order valence-electron chi connectivity index (χ1n) is 7.18. The third kappa shape index (κ3) is 2.71. The minimum Gasteiger partial charge on any atom is -0.326 e. The highest BCUT2D eigenvalue weighted by atomic mass is 32.1. The maximum absolute atomic E-state index is 11.7. The average Bonchev–Trinajstić information content (AvgIpc) is 3.04. The number of benzene rings is 1. The van der Waals surface area contributed by atoms with Gasteiger partial charge in [0.05, 0.1) is 0 Å². The van der Waals surface area contributed by atoms with Crippen molar-refractivity contribution in [2.24, 2.45) is 0 Å². The first-order valence-corrected chi connectivity index (χ1v) is 8.00. The van der Waals surface area contributed by atoms with E-state index in [9.17, 15) is 4.79 Å². The molecule has 3 rings (SSSR count). The number of anilines is 1. The molecule has 1 N–H and O–H groups in total. The zero-order valence-corrected chi connectivity index (χ0v) is 13.6. The maximum atomic E-state index is 11.7. The van der Waals surface area contributed by atoms with Gasteiger partial charge >= 0.3 is 0 Å². The Kier molecular flexibility index (Phi) is 3.89.